The van der Waals surface area contributed by atoms with Gasteiger partial charge in [0, 0.05) is 31.1 Å². The van der Waals surface area contributed by atoms with Gasteiger partial charge in [-0.15, -0.1) is 0 Å². The largest absolute Gasteiger partial charge is 0.493 e. The maximum absolute atomic E-state index is 12.8. The number of carbonyl (C=O) groups is 2. The summed E-state index contributed by atoms with van der Waals surface area (Å²) in [6.07, 6.45) is 3.87. The Balaban J connectivity index is 1.35. The van der Waals surface area contributed by atoms with E-state index in [0.29, 0.717) is 35.4 Å². The van der Waals surface area contributed by atoms with E-state index in [1.807, 2.05) is 17.0 Å². The molecule has 2 aromatic rings. The predicted molar refractivity (Wildman–Crippen MR) is 105 cm³/mol. The highest BCUT2D eigenvalue weighted by Gasteiger charge is 2.32. The Morgan fingerprint density at radius 3 is 3.00 bits per heavy atom. The summed E-state index contributed by atoms with van der Waals surface area (Å²) in [5.74, 6) is 0.387. The van der Waals surface area contributed by atoms with Crippen LogP contribution in [0.15, 0.2) is 28.9 Å². The van der Waals surface area contributed by atoms with E-state index < -0.39 is 0 Å². The van der Waals surface area contributed by atoms with Crippen LogP contribution in [-0.4, -0.2) is 67.0 Å². The third kappa shape index (κ3) is 3.78. The number of fused-ring (bicyclic) bond motifs is 1. The van der Waals surface area contributed by atoms with Gasteiger partial charge in [0.05, 0.1) is 25.3 Å². The molecule has 1 aromatic heterocycles. The maximum atomic E-state index is 12.8. The number of hydrogen-bond acceptors (Lipinski definition) is 6. The highest BCUT2D eigenvalue weighted by Crippen LogP contribution is 2.29. The smallest absolute Gasteiger partial charge is 0.255 e. The summed E-state index contributed by atoms with van der Waals surface area (Å²) in [5, 5.41) is 12.9. The van der Waals surface area contributed by atoms with Crippen LogP contribution in [0.4, 0.5) is 0 Å². The zero-order valence-corrected chi connectivity index (χ0v) is 16.4. The molecule has 29 heavy (non-hydrogen) atoms. The van der Waals surface area contributed by atoms with Gasteiger partial charge < -0.3 is 19.4 Å². The number of amides is 2. The topological polar surface area (TPSA) is 98.8 Å². The molecule has 0 spiro atoms. The van der Waals surface area contributed by atoms with Crippen molar-refractivity contribution in [1.29, 1.82) is 5.26 Å². The SMILES string of the molecule is COc1cccc2c(C(=O)N[C@H]3CCN(CC(=O)N4CCC[C@H]4C#N)C3)coc12. The second-order valence-electron chi connectivity index (χ2n) is 7.55. The van der Waals surface area contributed by atoms with Crippen LogP contribution in [0.2, 0.25) is 0 Å². The summed E-state index contributed by atoms with van der Waals surface area (Å²) in [4.78, 5) is 29.0. The lowest BCUT2D eigenvalue weighted by atomic mass is 10.1. The van der Waals surface area contributed by atoms with Crippen molar-refractivity contribution in [3.8, 4) is 11.8 Å². The minimum absolute atomic E-state index is 0.00560. The highest BCUT2D eigenvalue weighted by atomic mass is 16.5. The molecule has 4 rings (SSSR count). The maximum Gasteiger partial charge on any atom is 0.255 e. The lowest BCUT2D eigenvalue weighted by Gasteiger charge is -2.23. The van der Waals surface area contributed by atoms with E-state index in [2.05, 4.69) is 11.4 Å². The van der Waals surface area contributed by atoms with Gasteiger partial charge in [0.15, 0.2) is 11.3 Å². The first-order valence-electron chi connectivity index (χ1n) is 9.87. The molecule has 2 atom stereocenters. The van der Waals surface area contributed by atoms with Crippen LogP contribution in [0, 0.1) is 11.3 Å². The quantitative estimate of drug-likeness (QED) is 0.827. The molecule has 0 bridgehead atoms. The van der Waals surface area contributed by atoms with Crippen molar-refractivity contribution in [1.82, 2.24) is 15.1 Å². The molecule has 2 saturated heterocycles. The monoisotopic (exact) mass is 396 g/mol. The Labute approximate surface area is 169 Å². The number of nitrogens with one attached hydrogen (secondary N) is 1. The van der Waals surface area contributed by atoms with Crippen molar-refractivity contribution >= 4 is 22.8 Å². The van der Waals surface area contributed by atoms with Crippen LogP contribution in [0.25, 0.3) is 11.0 Å². The average Bonchev–Trinajstić information content (AvgIpc) is 3.46. The number of ether oxygens (including phenoxy) is 1. The minimum Gasteiger partial charge on any atom is -0.493 e. The zero-order chi connectivity index (χ0) is 20.4. The summed E-state index contributed by atoms with van der Waals surface area (Å²) in [6, 6.07) is 7.32. The number of benzene rings is 1. The summed E-state index contributed by atoms with van der Waals surface area (Å²) >= 11 is 0. The number of rotatable bonds is 5. The predicted octanol–water partition coefficient (Wildman–Crippen LogP) is 1.76. The fourth-order valence-corrected chi connectivity index (χ4v) is 4.21. The van der Waals surface area contributed by atoms with Gasteiger partial charge in [0.2, 0.25) is 5.91 Å². The molecular weight excluding hydrogens is 372 g/mol. The van der Waals surface area contributed by atoms with Gasteiger partial charge in [-0.2, -0.15) is 5.26 Å². The van der Waals surface area contributed by atoms with E-state index in [1.54, 1.807) is 18.1 Å². The Hall–Kier alpha value is -3.05. The van der Waals surface area contributed by atoms with Gasteiger partial charge in [-0.1, -0.05) is 12.1 Å². The molecule has 2 fully saturated rings. The molecule has 0 radical (unpaired) electrons. The Morgan fingerprint density at radius 1 is 1.34 bits per heavy atom. The summed E-state index contributed by atoms with van der Waals surface area (Å²) in [6.45, 7) is 2.29. The normalized spacial score (nSPS) is 22.0. The number of nitriles is 1. The fraction of sp³-hybridized carbons (Fsp3) is 0.476. The van der Waals surface area contributed by atoms with Crippen molar-refractivity contribution in [3.05, 3.63) is 30.0 Å². The number of likely N-dealkylation sites (tertiary alicyclic amines) is 2. The number of nitrogens with zero attached hydrogens (tertiary/aromatic N) is 3. The molecule has 1 aromatic carbocycles. The van der Waals surface area contributed by atoms with Gasteiger partial charge in [0.25, 0.3) is 5.91 Å². The molecule has 8 heteroatoms. The molecule has 2 amide bonds. The number of methoxy groups -OCH3 is 1. The van der Waals surface area contributed by atoms with Crippen LogP contribution in [0.3, 0.4) is 0 Å². The summed E-state index contributed by atoms with van der Waals surface area (Å²) < 4.78 is 10.8. The van der Waals surface area contributed by atoms with Crippen LogP contribution >= 0.6 is 0 Å². The Kier molecular flexibility index (Phi) is 5.41. The molecule has 0 unspecified atom stereocenters. The third-order valence-corrected chi connectivity index (χ3v) is 5.72. The van der Waals surface area contributed by atoms with Crippen LogP contribution in [0.1, 0.15) is 29.6 Å². The second-order valence-corrected chi connectivity index (χ2v) is 7.55. The van der Waals surface area contributed by atoms with Crippen LogP contribution in [-0.2, 0) is 4.79 Å². The van der Waals surface area contributed by atoms with Crippen molar-refractivity contribution in [2.75, 3.05) is 33.3 Å². The molecule has 152 valence electrons. The fourth-order valence-electron chi connectivity index (χ4n) is 4.21. The number of carbonyl (C=O) groups excluding carboxylic acids is 2. The van der Waals surface area contributed by atoms with Crippen molar-refractivity contribution in [2.45, 2.75) is 31.3 Å². The first-order valence-corrected chi connectivity index (χ1v) is 9.87. The summed E-state index contributed by atoms with van der Waals surface area (Å²) in [5.41, 5.74) is 1.03. The summed E-state index contributed by atoms with van der Waals surface area (Å²) in [7, 11) is 1.56. The first-order chi connectivity index (χ1) is 14.1. The highest BCUT2D eigenvalue weighted by molar-refractivity contribution is 6.07. The average molecular weight is 396 g/mol. The van der Waals surface area contributed by atoms with Gasteiger partial charge in [-0.05, 0) is 25.3 Å². The van der Waals surface area contributed by atoms with Gasteiger partial charge in [-0.25, -0.2) is 0 Å². The number of furan rings is 1. The van der Waals surface area contributed by atoms with E-state index in [4.69, 9.17) is 14.4 Å². The van der Waals surface area contributed by atoms with Gasteiger partial charge in [0.1, 0.15) is 12.3 Å². The van der Waals surface area contributed by atoms with Gasteiger partial charge in [-0.3, -0.25) is 14.5 Å². The Bertz CT molecular complexity index is 963. The molecule has 3 heterocycles. The van der Waals surface area contributed by atoms with E-state index in [0.717, 1.165) is 25.8 Å². The molecule has 8 nitrogen and oxygen atoms in total. The lowest BCUT2D eigenvalue weighted by Crippen LogP contribution is -2.43. The van der Waals surface area contributed by atoms with Crippen molar-refractivity contribution in [3.63, 3.8) is 0 Å². The van der Waals surface area contributed by atoms with E-state index in [-0.39, 0.29) is 30.4 Å². The van der Waals surface area contributed by atoms with Crippen molar-refractivity contribution < 1.29 is 18.7 Å². The van der Waals surface area contributed by atoms with Crippen molar-refractivity contribution in [2.24, 2.45) is 0 Å². The molecular formula is C21H24N4O4. The number of para-hydroxylation sites is 1. The van der Waals surface area contributed by atoms with Gasteiger partial charge >= 0.3 is 0 Å². The number of hydrogen-bond donors (Lipinski definition) is 1. The molecule has 2 aliphatic rings. The van der Waals surface area contributed by atoms with E-state index in [9.17, 15) is 9.59 Å². The standard InChI is InChI=1S/C21H24N4O4/c1-28-18-6-2-5-16-17(13-29-20(16)18)21(27)23-14-7-9-24(11-14)12-19(26)25-8-3-4-15(25)10-22/h2,5-6,13-15H,3-4,7-9,11-12H2,1H3,(H,23,27)/t14-,15-/m0/s1. The zero-order valence-electron chi connectivity index (χ0n) is 16.4. The second kappa shape index (κ2) is 8.13. The molecule has 0 aliphatic carbocycles. The van der Waals surface area contributed by atoms with E-state index in [1.165, 1.54) is 6.26 Å². The third-order valence-electron chi connectivity index (χ3n) is 5.72. The van der Waals surface area contributed by atoms with Crippen LogP contribution in [0.5, 0.6) is 5.75 Å². The molecule has 0 saturated carbocycles. The van der Waals surface area contributed by atoms with Crippen LogP contribution < -0.4 is 10.1 Å². The lowest BCUT2D eigenvalue weighted by molar-refractivity contribution is -0.132. The van der Waals surface area contributed by atoms with E-state index >= 15 is 0 Å². The molecule has 2 aliphatic heterocycles. The Morgan fingerprint density at radius 2 is 2.21 bits per heavy atom. The molecule has 1 N–H and O–H groups in total. The first kappa shape index (κ1) is 19.3. The minimum atomic E-state index is -0.299.